The van der Waals surface area contributed by atoms with Gasteiger partial charge in [-0.3, -0.25) is 0 Å². The number of aliphatic hydroxyl groups excluding tert-OH is 4. The summed E-state index contributed by atoms with van der Waals surface area (Å²) in [5.41, 5.74) is 2.75. The summed E-state index contributed by atoms with van der Waals surface area (Å²) in [5, 5.41) is 38.3. The fourth-order valence-corrected chi connectivity index (χ4v) is 3.20. The standard InChI is InChI=1S/C22H24O9/c1-12(15-9-5-8-14(11-15)10-13-6-3-2-4-7-13)20(26)30-31-22(28)19-17(24)16(23)18(25)21(27)29-19/h2-9,11-12,16-19,21,23-25,27H,10H2,1H3/t12?,16-,17-,18+,19-,21?/m0/s1. The predicted octanol–water partition coefficient (Wildman–Crippen LogP) is 0.182. The highest BCUT2D eigenvalue weighted by Gasteiger charge is 2.47. The molecule has 9 heteroatoms. The van der Waals surface area contributed by atoms with E-state index in [-0.39, 0.29) is 0 Å². The zero-order valence-electron chi connectivity index (χ0n) is 16.7. The molecule has 2 unspecified atom stereocenters. The molecule has 0 bridgehead atoms. The topological polar surface area (TPSA) is 143 Å². The lowest BCUT2D eigenvalue weighted by molar-refractivity contribution is -0.305. The molecule has 31 heavy (non-hydrogen) atoms. The summed E-state index contributed by atoms with van der Waals surface area (Å²) >= 11 is 0. The molecule has 1 aliphatic heterocycles. The monoisotopic (exact) mass is 432 g/mol. The third-order valence-corrected chi connectivity index (χ3v) is 5.08. The molecule has 9 nitrogen and oxygen atoms in total. The Labute approximate surface area is 178 Å². The van der Waals surface area contributed by atoms with Gasteiger partial charge in [0, 0.05) is 0 Å². The third kappa shape index (κ3) is 5.46. The van der Waals surface area contributed by atoms with Crippen LogP contribution in [0.5, 0.6) is 0 Å². The molecule has 0 amide bonds. The van der Waals surface area contributed by atoms with Crippen molar-refractivity contribution in [3.63, 3.8) is 0 Å². The highest BCUT2D eigenvalue weighted by atomic mass is 17.2. The maximum absolute atomic E-state index is 12.3. The molecule has 0 aliphatic carbocycles. The first-order valence-corrected chi connectivity index (χ1v) is 9.70. The van der Waals surface area contributed by atoms with Crippen molar-refractivity contribution < 1.29 is 44.5 Å². The van der Waals surface area contributed by atoms with Crippen LogP contribution >= 0.6 is 0 Å². The van der Waals surface area contributed by atoms with Gasteiger partial charge >= 0.3 is 11.9 Å². The second kappa shape index (κ2) is 9.99. The highest BCUT2D eigenvalue weighted by Crippen LogP contribution is 2.23. The van der Waals surface area contributed by atoms with Crippen LogP contribution in [0.15, 0.2) is 54.6 Å². The van der Waals surface area contributed by atoms with Crippen LogP contribution < -0.4 is 0 Å². The van der Waals surface area contributed by atoms with Crippen molar-refractivity contribution in [3.05, 3.63) is 71.3 Å². The summed E-state index contributed by atoms with van der Waals surface area (Å²) in [6, 6.07) is 17.1. The molecule has 1 heterocycles. The number of carbonyl (C=O) groups excluding carboxylic acids is 2. The van der Waals surface area contributed by atoms with Gasteiger partial charge in [-0.1, -0.05) is 54.6 Å². The van der Waals surface area contributed by atoms with Crippen molar-refractivity contribution in [3.8, 4) is 0 Å². The van der Waals surface area contributed by atoms with Gasteiger partial charge in [0.2, 0.25) is 0 Å². The molecule has 0 saturated carbocycles. The number of rotatable bonds is 5. The van der Waals surface area contributed by atoms with Gasteiger partial charge in [-0.2, -0.15) is 0 Å². The van der Waals surface area contributed by atoms with Gasteiger partial charge in [-0.15, -0.1) is 0 Å². The van der Waals surface area contributed by atoms with Crippen molar-refractivity contribution in [2.24, 2.45) is 0 Å². The van der Waals surface area contributed by atoms with Crippen LogP contribution in [0.1, 0.15) is 29.5 Å². The molecule has 1 saturated heterocycles. The summed E-state index contributed by atoms with van der Waals surface area (Å²) in [7, 11) is 0. The first-order chi connectivity index (χ1) is 14.8. The van der Waals surface area contributed by atoms with Gasteiger partial charge in [-0.05, 0) is 30.0 Å². The molecular formula is C22H24O9. The number of carbonyl (C=O) groups is 2. The van der Waals surface area contributed by atoms with Crippen molar-refractivity contribution in [1.82, 2.24) is 0 Å². The Balaban J connectivity index is 1.58. The molecule has 0 spiro atoms. The Hall–Kier alpha value is -2.82. The van der Waals surface area contributed by atoms with Crippen LogP contribution in [-0.2, 0) is 30.5 Å². The van der Waals surface area contributed by atoms with E-state index in [1.165, 1.54) is 0 Å². The molecule has 166 valence electrons. The fourth-order valence-electron chi connectivity index (χ4n) is 3.20. The van der Waals surface area contributed by atoms with Gasteiger partial charge in [0.25, 0.3) is 0 Å². The van der Waals surface area contributed by atoms with E-state index in [9.17, 15) is 30.0 Å². The van der Waals surface area contributed by atoms with E-state index in [4.69, 9.17) is 4.74 Å². The van der Waals surface area contributed by atoms with Crippen LogP contribution in [-0.4, -0.2) is 63.1 Å². The molecule has 2 aromatic rings. The first kappa shape index (κ1) is 22.9. The van der Waals surface area contributed by atoms with Gasteiger partial charge in [0.1, 0.15) is 18.3 Å². The summed E-state index contributed by atoms with van der Waals surface area (Å²) in [6.07, 6.45) is -8.60. The molecule has 3 rings (SSSR count). The maximum Gasteiger partial charge on any atom is 0.386 e. The molecule has 0 aromatic heterocycles. The van der Waals surface area contributed by atoms with Crippen LogP contribution in [0, 0.1) is 0 Å². The minimum Gasteiger partial charge on any atom is -0.387 e. The number of hydrogen-bond acceptors (Lipinski definition) is 9. The highest BCUT2D eigenvalue weighted by molar-refractivity contribution is 5.80. The largest absolute Gasteiger partial charge is 0.387 e. The molecular weight excluding hydrogens is 408 g/mol. The average Bonchev–Trinajstić information content (AvgIpc) is 2.78. The van der Waals surface area contributed by atoms with Gasteiger partial charge in [-0.25, -0.2) is 19.4 Å². The second-order valence-corrected chi connectivity index (χ2v) is 7.35. The Kier molecular flexibility index (Phi) is 7.37. The minimum atomic E-state index is -1.92. The molecule has 1 fully saturated rings. The van der Waals surface area contributed by atoms with E-state index < -0.39 is 48.6 Å². The van der Waals surface area contributed by atoms with E-state index in [1.54, 1.807) is 13.0 Å². The predicted molar refractivity (Wildman–Crippen MR) is 105 cm³/mol. The van der Waals surface area contributed by atoms with E-state index in [0.717, 1.165) is 11.1 Å². The first-order valence-electron chi connectivity index (χ1n) is 9.70. The lowest BCUT2D eigenvalue weighted by Crippen LogP contribution is -2.60. The summed E-state index contributed by atoms with van der Waals surface area (Å²) < 4.78 is 4.72. The van der Waals surface area contributed by atoms with E-state index >= 15 is 0 Å². The lowest BCUT2D eigenvalue weighted by Gasteiger charge is -2.36. The minimum absolute atomic E-state index is 0.650. The Bertz CT molecular complexity index is 901. The Morgan fingerprint density at radius 2 is 1.58 bits per heavy atom. The zero-order chi connectivity index (χ0) is 22.5. The van der Waals surface area contributed by atoms with Crippen LogP contribution in [0.2, 0.25) is 0 Å². The van der Waals surface area contributed by atoms with Crippen molar-refractivity contribution in [2.75, 3.05) is 0 Å². The third-order valence-electron chi connectivity index (χ3n) is 5.08. The second-order valence-electron chi connectivity index (χ2n) is 7.35. The number of benzene rings is 2. The summed E-state index contributed by atoms with van der Waals surface area (Å²) in [4.78, 5) is 33.4. The summed E-state index contributed by atoms with van der Waals surface area (Å²) in [5.74, 6) is -2.97. The normalized spacial score (nSPS) is 26.7. The van der Waals surface area contributed by atoms with Crippen LogP contribution in [0.3, 0.4) is 0 Å². The molecule has 2 aromatic carbocycles. The quantitative estimate of drug-likeness (QED) is 0.384. The van der Waals surface area contributed by atoms with E-state index in [1.807, 2.05) is 48.5 Å². The molecule has 0 radical (unpaired) electrons. The maximum atomic E-state index is 12.3. The number of aliphatic hydroxyl groups is 4. The van der Waals surface area contributed by atoms with Crippen molar-refractivity contribution >= 4 is 11.9 Å². The fraction of sp³-hybridized carbons (Fsp3) is 0.364. The molecule has 6 atom stereocenters. The smallest absolute Gasteiger partial charge is 0.386 e. The Morgan fingerprint density at radius 1 is 0.903 bits per heavy atom. The Morgan fingerprint density at radius 3 is 2.29 bits per heavy atom. The van der Waals surface area contributed by atoms with Crippen molar-refractivity contribution in [2.45, 2.75) is 50.0 Å². The van der Waals surface area contributed by atoms with Gasteiger partial charge in [0.05, 0.1) is 5.92 Å². The van der Waals surface area contributed by atoms with Crippen LogP contribution in [0.4, 0.5) is 0 Å². The SMILES string of the molecule is CC(C(=O)OOC(=O)[C@H]1OC(O)[C@H](O)[C@@H](O)[C@@H]1O)c1cccc(Cc2ccccc2)c1. The van der Waals surface area contributed by atoms with Crippen molar-refractivity contribution in [1.29, 1.82) is 0 Å². The molecule has 4 N–H and O–H groups in total. The van der Waals surface area contributed by atoms with Gasteiger partial charge < -0.3 is 25.2 Å². The van der Waals surface area contributed by atoms with Gasteiger partial charge in [0.15, 0.2) is 12.4 Å². The molecule has 1 aliphatic rings. The zero-order valence-corrected chi connectivity index (χ0v) is 16.7. The van der Waals surface area contributed by atoms with Crippen LogP contribution in [0.25, 0.3) is 0 Å². The lowest BCUT2D eigenvalue weighted by atomic mass is 9.96. The van der Waals surface area contributed by atoms with E-state index in [0.29, 0.717) is 12.0 Å². The summed E-state index contributed by atoms with van der Waals surface area (Å²) in [6.45, 7) is 1.58. The average molecular weight is 432 g/mol. The number of ether oxygens (including phenoxy) is 1. The number of hydrogen-bond donors (Lipinski definition) is 4. The van der Waals surface area contributed by atoms with E-state index in [2.05, 4.69) is 9.78 Å².